The van der Waals surface area contributed by atoms with Crippen LogP contribution in [-0.2, 0) is 6.42 Å². The highest BCUT2D eigenvalue weighted by atomic mass is 79.9. The molecule has 2 aromatic carbocycles. The maximum absolute atomic E-state index is 12.6. The zero-order valence-corrected chi connectivity index (χ0v) is 17.2. The Bertz CT molecular complexity index is 1230. The number of hydrogen-bond acceptors (Lipinski definition) is 4. The molecule has 0 fully saturated rings. The summed E-state index contributed by atoms with van der Waals surface area (Å²) in [4.78, 5) is 15.7. The minimum Gasteiger partial charge on any atom is -0.493 e. The van der Waals surface area contributed by atoms with Gasteiger partial charge in [-0.15, -0.1) is 21.6 Å². The van der Waals surface area contributed by atoms with Crippen LogP contribution < -0.4 is 0 Å². The monoisotopic (exact) mass is 461 g/mol. The van der Waals surface area contributed by atoms with Crippen LogP contribution in [-0.4, -0.2) is 16.0 Å². The maximum atomic E-state index is 12.6. The number of aryl methyl sites for hydroxylation is 1. The number of carbonyl (C=O) groups is 1. The van der Waals surface area contributed by atoms with Gasteiger partial charge in [-0.3, -0.25) is 4.79 Å². The van der Waals surface area contributed by atoms with Crippen molar-refractivity contribution in [2.75, 3.05) is 0 Å². The summed E-state index contributed by atoms with van der Waals surface area (Å²) in [5, 5.41) is 19.8. The summed E-state index contributed by atoms with van der Waals surface area (Å²) in [5.74, 6) is -0.691. The van der Waals surface area contributed by atoms with Gasteiger partial charge in [-0.1, -0.05) is 52.7 Å². The molecule has 0 aliphatic rings. The highest BCUT2D eigenvalue weighted by molar-refractivity contribution is 9.10. The number of benzene rings is 2. The molecular weight excluding hydrogens is 450 g/mol. The third-order valence-corrected chi connectivity index (χ3v) is 6.57. The summed E-state index contributed by atoms with van der Waals surface area (Å²) in [6.45, 7) is 2.07. The molecule has 2 N–H and O–H groups in total. The number of thiophene rings is 1. The van der Waals surface area contributed by atoms with Crippen LogP contribution in [0.1, 0.15) is 22.2 Å². The van der Waals surface area contributed by atoms with E-state index >= 15 is 0 Å². The second-order valence-electron chi connectivity index (χ2n) is 5.92. The Morgan fingerprint density at radius 2 is 2.15 bits per heavy atom. The average Bonchev–Trinajstić information content (AvgIpc) is 3.16. The Kier molecular flexibility index (Phi) is 4.75. The number of hydrogen-bond donors (Lipinski definition) is 2. The summed E-state index contributed by atoms with van der Waals surface area (Å²) in [6, 6.07) is 11.4. The van der Waals surface area contributed by atoms with Gasteiger partial charge in [-0.25, -0.2) is 0 Å². The van der Waals surface area contributed by atoms with Crippen LogP contribution in [0.2, 0.25) is 5.02 Å². The van der Waals surface area contributed by atoms with E-state index in [0.29, 0.717) is 20.8 Å². The lowest BCUT2D eigenvalue weighted by Gasteiger charge is -1.95. The number of azo groups is 1. The van der Waals surface area contributed by atoms with Gasteiger partial charge in [-0.2, -0.15) is 0 Å². The highest BCUT2D eigenvalue weighted by Crippen LogP contribution is 2.40. The SMILES string of the molecule is CCc1ccc2c(Cl)c(C(=O)N=Nc3c(O)[nH]c4cccc(Br)c34)sc2c1. The van der Waals surface area contributed by atoms with Gasteiger partial charge in [0.1, 0.15) is 4.88 Å². The zero-order chi connectivity index (χ0) is 19.1. The van der Waals surface area contributed by atoms with Crippen molar-refractivity contribution < 1.29 is 9.90 Å². The van der Waals surface area contributed by atoms with Gasteiger partial charge < -0.3 is 10.1 Å². The smallest absolute Gasteiger partial charge is 0.307 e. The van der Waals surface area contributed by atoms with E-state index in [0.717, 1.165) is 21.0 Å². The number of nitrogens with zero attached hydrogens (tertiary/aromatic N) is 2. The van der Waals surface area contributed by atoms with Crippen LogP contribution in [0.25, 0.3) is 21.0 Å². The van der Waals surface area contributed by atoms with E-state index < -0.39 is 5.91 Å². The second kappa shape index (κ2) is 7.07. The minimum atomic E-state index is -0.542. The molecular formula is C19H13BrClN3O2S. The lowest BCUT2D eigenvalue weighted by Crippen LogP contribution is -1.89. The molecule has 0 aliphatic carbocycles. The van der Waals surface area contributed by atoms with Crippen LogP contribution >= 0.6 is 38.9 Å². The molecule has 4 aromatic rings. The number of aromatic hydroxyl groups is 1. The van der Waals surface area contributed by atoms with Crippen molar-refractivity contribution in [2.45, 2.75) is 13.3 Å². The van der Waals surface area contributed by atoms with Crippen LogP contribution in [0.15, 0.2) is 51.1 Å². The topological polar surface area (TPSA) is 77.8 Å². The van der Waals surface area contributed by atoms with Gasteiger partial charge in [0.2, 0.25) is 5.88 Å². The van der Waals surface area contributed by atoms with E-state index in [2.05, 4.69) is 38.1 Å². The molecule has 0 saturated carbocycles. The first kappa shape index (κ1) is 18.2. The second-order valence-corrected chi connectivity index (χ2v) is 8.20. The Balaban J connectivity index is 1.74. The molecule has 2 aromatic heterocycles. The molecule has 0 spiro atoms. The molecule has 0 saturated heterocycles. The molecule has 0 radical (unpaired) electrons. The summed E-state index contributed by atoms with van der Waals surface area (Å²) in [6.07, 6.45) is 0.906. The first-order valence-corrected chi connectivity index (χ1v) is 10.1. The van der Waals surface area contributed by atoms with Gasteiger partial charge in [0.15, 0.2) is 5.69 Å². The van der Waals surface area contributed by atoms with E-state index in [9.17, 15) is 9.90 Å². The molecule has 4 rings (SSSR count). The highest BCUT2D eigenvalue weighted by Gasteiger charge is 2.18. The quantitative estimate of drug-likeness (QED) is 0.322. The molecule has 0 unspecified atom stereocenters. The van der Waals surface area contributed by atoms with Crippen LogP contribution in [0, 0.1) is 0 Å². The maximum Gasteiger partial charge on any atom is 0.307 e. The Hall–Kier alpha value is -2.22. The van der Waals surface area contributed by atoms with Crippen molar-refractivity contribution in [2.24, 2.45) is 10.2 Å². The predicted molar refractivity (Wildman–Crippen MR) is 113 cm³/mol. The first-order chi connectivity index (χ1) is 13.0. The number of fused-ring (bicyclic) bond motifs is 2. The molecule has 0 aliphatic heterocycles. The van der Waals surface area contributed by atoms with E-state index in [4.69, 9.17) is 11.6 Å². The Morgan fingerprint density at radius 1 is 1.33 bits per heavy atom. The van der Waals surface area contributed by atoms with Gasteiger partial charge in [-0.05, 0) is 30.2 Å². The van der Waals surface area contributed by atoms with Gasteiger partial charge in [0.05, 0.1) is 10.5 Å². The fourth-order valence-electron chi connectivity index (χ4n) is 2.88. The van der Waals surface area contributed by atoms with E-state index in [-0.39, 0.29) is 11.6 Å². The van der Waals surface area contributed by atoms with Crippen LogP contribution in [0.5, 0.6) is 5.88 Å². The minimum absolute atomic E-state index is 0.150. The zero-order valence-electron chi connectivity index (χ0n) is 14.1. The standard InChI is InChI=1S/C19H13BrClN3O2S/c1-2-9-6-7-10-13(8-9)27-17(15(10)21)19(26)24-23-16-14-11(20)4-3-5-12(14)22-18(16)25/h3-8,22,25H,2H2,1H3. The van der Waals surface area contributed by atoms with Crippen LogP contribution in [0.4, 0.5) is 5.69 Å². The number of H-pyrrole nitrogens is 1. The van der Waals surface area contributed by atoms with E-state index in [1.807, 2.05) is 30.3 Å². The summed E-state index contributed by atoms with van der Waals surface area (Å²) < 4.78 is 1.68. The molecule has 0 atom stereocenters. The third kappa shape index (κ3) is 3.16. The Labute approximate surface area is 171 Å². The normalized spacial score (nSPS) is 11.8. The average molecular weight is 463 g/mol. The van der Waals surface area contributed by atoms with Crippen molar-refractivity contribution in [3.05, 3.63) is 56.3 Å². The molecule has 1 amide bonds. The number of carbonyl (C=O) groups excluding carboxylic acids is 1. The largest absolute Gasteiger partial charge is 0.493 e. The van der Waals surface area contributed by atoms with E-state index in [1.165, 1.54) is 16.9 Å². The fraction of sp³-hybridized carbons (Fsp3) is 0.105. The molecule has 8 heteroatoms. The van der Waals surface area contributed by atoms with Crippen molar-refractivity contribution in [3.63, 3.8) is 0 Å². The number of halogens is 2. The van der Waals surface area contributed by atoms with E-state index in [1.54, 1.807) is 6.07 Å². The predicted octanol–water partition coefficient (Wildman–Crippen LogP) is 6.99. The number of amides is 1. The number of rotatable bonds is 3. The van der Waals surface area contributed by atoms with Crippen molar-refractivity contribution in [1.82, 2.24) is 4.98 Å². The summed E-state index contributed by atoms with van der Waals surface area (Å²) in [7, 11) is 0. The van der Waals surface area contributed by atoms with Gasteiger partial charge >= 0.3 is 5.91 Å². The van der Waals surface area contributed by atoms with Crippen molar-refractivity contribution in [3.8, 4) is 5.88 Å². The van der Waals surface area contributed by atoms with Crippen molar-refractivity contribution in [1.29, 1.82) is 0 Å². The molecule has 2 heterocycles. The molecule has 27 heavy (non-hydrogen) atoms. The molecule has 5 nitrogen and oxygen atoms in total. The van der Waals surface area contributed by atoms with Gasteiger partial charge in [0, 0.05) is 19.9 Å². The lowest BCUT2D eigenvalue weighted by molar-refractivity contribution is 0.0999. The Morgan fingerprint density at radius 3 is 2.93 bits per heavy atom. The van der Waals surface area contributed by atoms with Crippen molar-refractivity contribution >= 4 is 71.5 Å². The summed E-state index contributed by atoms with van der Waals surface area (Å²) >= 11 is 11.1. The van der Waals surface area contributed by atoms with Crippen LogP contribution in [0.3, 0.4) is 0 Å². The fourth-order valence-corrected chi connectivity index (χ4v) is 4.89. The lowest BCUT2D eigenvalue weighted by atomic mass is 10.1. The summed E-state index contributed by atoms with van der Waals surface area (Å²) in [5.41, 5.74) is 2.07. The van der Waals surface area contributed by atoms with Gasteiger partial charge in [0.25, 0.3) is 0 Å². The molecule has 136 valence electrons. The number of aromatic nitrogens is 1. The number of aromatic amines is 1. The first-order valence-electron chi connectivity index (χ1n) is 8.15. The third-order valence-electron chi connectivity index (χ3n) is 4.26. The number of nitrogens with one attached hydrogen (secondary N) is 1. The molecule has 0 bridgehead atoms.